The van der Waals surface area contributed by atoms with Crippen LogP contribution in [0.25, 0.3) is 0 Å². The molecule has 0 spiro atoms. The number of carbonyl (C=O) groups excluding carboxylic acids is 1. The molecule has 6 heteroatoms. The van der Waals surface area contributed by atoms with Crippen LogP contribution in [0.4, 0.5) is 0 Å². The maximum atomic E-state index is 12.1. The van der Waals surface area contributed by atoms with E-state index < -0.39 is 18.0 Å². The van der Waals surface area contributed by atoms with Crippen molar-refractivity contribution >= 4 is 23.4 Å². The van der Waals surface area contributed by atoms with Crippen LogP contribution in [-0.4, -0.2) is 39.1 Å². The highest BCUT2D eigenvalue weighted by Crippen LogP contribution is 2.37. The predicted octanol–water partition coefficient (Wildman–Crippen LogP) is 4.22. The Bertz CT molecular complexity index is 449. The number of halogens is 1. The first-order valence-corrected chi connectivity index (χ1v) is 9.88. The summed E-state index contributed by atoms with van der Waals surface area (Å²) in [6.07, 6.45) is 8.60. The summed E-state index contributed by atoms with van der Waals surface area (Å²) < 4.78 is 0. The Kier molecular flexibility index (Phi) is 10.8. The van der Waals surface area contributed by atoms with Gasteiger partial charge in [0, 0.05) is 24.6 Å². The standard InChI is InChI=1S/C19H31ClO5/c20-12-8-4-3-6-10-15(21)19-14(16(22)13-17(19)23)9-5-1-2-7-11-18(24)25/h10,14,17,19,21,23H,1-9,11-13H2,(H,24,25)/t14-,17+,19-/m0/s1. The number of ketones is 1. The maximum Gasteiger partial charge on any atom is 0.303 e. The highest BCUT2D eigenvalue weighted by molar-refractivity contribution is 6.17. The number of hydrogen-bond acceptors (Lipinski definition) is 4. The van der Waals surface area contributed by atoms with Crippen LogP contribution >= 0.6 is 11.6 Å². The van der Waals surface area contributed by atoms with Crippen LogP contribution in [0.2, 0.25) is 0 Å². The van der Waals surface area contributed by atoms with Gasteiger partial charge in [-0.05, 0) is 38.2 Å². The first kappa shape index (κ1) is 22.0. The summed E-state index contributed by atoms with van der Waals surface area (Å²) >= 11 is 5.63. The fourth-order valence-corrected chi connectivity index (χ4v) is 3.68. The molecule has 0 heterocycles. The van der Waals surface area contributed by atoms with Crippen LogP contribution in [-0.2, 0) is 9.59 Å². The fraction of sp³-hybridized carbons (Fsp3) is 0.789. The number of carboxylic acid groups (broad SMARTS) is 1. The van der Waals surface area contributed by atoms with Crippen molar-refractivity contribution in [1.82, 2.24) is 0 Å². The van der Waals surface area contributed by atoms with Crippen LogP contribution < -0.4 is 0 Å². The molecule has 0 saturated heterocycles. The SMILES string of the molecule is O=C(O)CCCCCC[C@H]1C(=O)C[C@@H](O)[C@@H]1C(O)=CCCCCCCl. The zero-order chi connectivity index (χ0) is 18.7. The number of aliphatic hydroxyl groups is 2. The maximum absolute atomic E-state index is 12.1. The molecule has 1 saturated carbocycles. The van der Waals surface area contributed by atoms with Crippen LogP contribution in [0.3, 0.4) is 0 Å². The molecule has 0 bridgehead atoms. The number of carboxylic acids is 1. The van der Waals surface area contributed by atoms with Crippen LogP contribution in [0, 0.1) is 11.8 Å². The highest BCUT2D eigenvalue weighted by atomic mass is 35.5. The number of Topliss-reactive ketones (excluding diaryl/α,β-unsaturated/α-hetero) is 1. The molecule has 1 aliphatic carbocycles. The summed E-state index contributed by atoms with van der Waals surface area (Å²) in [6, 6.07) is 0. The monoisotopic (exact) mass is 374 g/mol. The van der Waals surface area contributed by atoms with Crippen molar-refractivity contribution < 1.29 is 24.9 Å². The van der Waals surface area contributed by atoms with Gasteiger partial charge < -0.3 is 15.3 Å². The van der Waals surface area contributed by atoms with Gasteiger partial charge >= 0.3 is 5.97 Å². The molecule has 3 N–H and O–H groups in total. The van der Waals surface area contributed by atoms with E-state index in [0.717, 1.165) is 44.9 Å². The number of hydrogen-bond donors (Lipinski definition) is 3. The van der Waals surface area contributed by atoms with Gasteiger partial charge in [-0.25, -0.2) is 0 Å². The first-order valence-electron chi connectivity index (χ1n) is 9.35. The molecule has 0 radical (unpaired) electrons. The summed E-state index contributed by atoms with van der Waals surface area (Å²) in [7, 11) is 0. The second-order valence-electron chi connectivity index (χ2n) is 6.88. The van der Waals surface area contributed by atoms with Crippen molar-refractivity contribution in [3.63, 3.8) is 0 Å². The fourth-order valence-electron chi connectivity index (χ4n) is 3.49. The Morgan fingerprint density at radius 3 is 2.44 bits per heavy atom. The molecule has 3 atom stereocenters. The molecule has 0 aromatic rings. The average Bonchev–Trinajstić information content (AvgIpc) is 2.83. The van der Waals surface area contributed by atoms with Gasteiger partial charge in [-0.2, -0.15) is 0 Å². The van der Waals surface area contributed by atoms with E-state index in [9.17, 15) is 19.8 Å². The Hall–Kier alpha value is -1.07. The van der Waals surface area contributed by atoms with Gasteiger partial charge in [0.25, 0.3) is 0 Å². The lowest BCUT2D eigenvalue weighted by Crippen LogP contribution is -2.23. The number of allylic oxidation sites excluding steroid dienone is 1. The van der Waals surface area contributed by atoms with E-state index >= 15 is 0 Å². The minimum absolute atomic E-state index is 0.0186. The summed E-state index contributed by atoms with van der Waals surface area (Å²) in [6.45, 7) is 0. The van der Waals surface area contributed by atoms with Crippen molar-refractivity contribution in [2.24, 2.45) is 11.8 Å². The number of carbonyl (C=O) groups is 2. The molecule has 144 valence electrons. The number of rotatable bonds is 13. The smallest absolute Gasteiger partial charge is 0.303 e. The molecule has 1 fully saturated rings. The quantitative estimate of drug-likeness (QED) is 0.255. The third kappa shape index (κ3) is 8.23. The van der Waals surface area contributed by atoms with Crippen molar-refractivity contribution in [3.05, 3.63) is 11.8 Å². The number of unbranched alkanes of at least 4 members (excludes halogenated alkanes) is 6. The van der Waals surface area contributed by atoms with Crippen molar-refractivity contribution in [3.8, 4) is 0 Å². The molecule has 0 aromatic carbocycles. The van der Waals surface area contributed by atoms with Crippen LogP contribution in [0.5, 0.6) is 0 Å². The van der Waals surface area contributed by atoms with E-state index in [1.54, 1.807) is 6.08 Å². The summed E-state index contributed by atoms with van der Waals surface area (Å²) in [5, 5.41) is 29.1. The second-order valence-corrected chi connectivity index (χ2v) is 7.26. The predicted molar refractivity (Wildman–Crippen MR) is 97.8 cm³/mol. The molecular formula is C19H31ClO5. The van der Waals surface area contributed by atoms with Gasteiger partial charge in [0.15, 0.2) is 0 Å². The Morgan fingerprint density at radius 2 is 1.76 bits per heavy atom. The Labute approximate surface area is 155 Å². The van der Waals surface area contributed by atoms with Gasteiger partial charge in [-0.15, -0.1) is 11.6 Å². The molecule has 1 rings (SSSR count). The normalized spacial score (nSPS) is 24.0. The third-order valence-corrected chi connectivity index (χ3v) is 5.13. The van der Waals surface area contributed by atoms with E-state index in [1.165, 1.54) is 0 Å². The third-order valence-electron chi connectivity index (χ3n) is 4.86. The number of aliphatic carboxylic acids is 1. The molecule has 5 nitrogen and oxygen atoms in total. The van der Waals surface area contributed by atoms with E-state index in [0.29, 0.717) is 18.7 Å². The zero-order valence-corrected chi connectivity index (χ0v) is 15.6. The largest absolute Gasteiger partial charge is 0.512 e. The summed E-state index contributed by atoms with van der Waals surface area (Å²) in [5.41, 5.74) is 0. The average molecular weight is 375 g/mol. The number of alkyl halides is 1. The van der Waals surface area contributed by atoms with Crippen molar-refractivity contribution in [2.45, 2.75) is 76.7 Å². The molecule has 0 aromatic heterocycles. The van der Waals surface area contributed by atoms with Gasteiger partial charge in [-0.1, -0.05) is 25.7 Å². The topological polar surface area (TPSA) is 94.8 Å². The zero-order valence-electron chi connectivity index (χ0n) is 14.8. The van der Waals surface area contributed by atoms with Crippen LogP contribution in [0.1, 0.15) is 70.6 Å². The minimum Gasteiger partial charge on any atom is -0.512 e. The van der Waals surface area contributed by atoms with E-state index in [1.807, 2.05) is 0 Å². The van der Waals surface area contributed by atoms with Gasteiger partial charge in [0.2, 0.25) is 0 Å². The first-order chi connectivity index (χ1) is 12.0. The summed E-state index contributed by atoms with van der Waals surface area (Å²) in [5.74, 6) is -0.798. The lowest BCUT2D eigenvalue weighted by Gasteiger charge is -2.20. The van der Waals surface area contributed by atoms with Crippen LogP contribution in [0.15, 0.2) is 11.8 Å². The van der Waals surface area contributed by atoms with Gasteiger partial charge in [0.05, 0.1) is 17.8 Å². The highest BCUT2D eigenvalue weighted by Gasteiger charge is 2.43. The Morgan fingerprint density at radius 1 is 1.08 bits per heavy atom. The van der Waals surface area contributed by atoms with E-state index in [-0.39, 0.29) is 30.3 Å². The Balaban J connectivity index is 2.42. The molecular weight excluding hydrogens is 344 g/mol. The van der Waals surface area contributed by atoms with Crippen molar-refractivity contribution in [1.29, 1.82) is 0 Å². The minimum atomic E-state index is -0.802. The number of aliphatic hydroxyl groups excluding tert-OH is 2. The lowest BCUT2D eigenvalue weighted by atomic mass is 9.87. The van der Waals surface area contributed by atoms with E-state index in [4.69, 9.17) is 16.7 Å². The molecule has 0 amide bonds. The second kappa shape index (κ2) is 12.3. The van der Waals surface area contributed by atoms with Gasteiger partial charge in [-0.3, -0.25) is 9.59 Å². The lowest BCUT2D eigenvalue weighted by molar-refractivity contribution is -0.137. The molecule has 0 unspecified atom stereocenters. The molecule has 1 aliphatic rings. The van der Waals surface area contributed by atoms with E-state index in [2.05, 4.69) is 0 Å². The molecule has 25 heavy (non-hydrogen) atoms. The summed E-state index contributed by atoms with van der Waals surface area (Å²) in [4.78, 5) is 22.6. The van der Waals surface area contributed by atoms with Crippen molar-refractivity contribution in [2.75, 3.05) is 5.88 Å². The molecule has 0 aliphatic heterocycles. The van der Waals surface area contributed by atoms with Gasteiger partial charge in [0.1, 0.15) is 5.78 Å².